The van der Waals surface area contributed by atoms with E-state index in [1.165, 1.54) is 12.8 Å². The van der Waals surface area contributed by atoms with Gasteiger partial charge in [0.1, 0.15) is 0 Å². The van der Waals surface area contributed by atoms with Gasteiger partial charge < -0.3 is 5.73 Å². The molecular formula is C15H21N5. The van der Waals surface area contributed by atoms with Crippen LogP contribution in [-0.2, 0) is 6.42 Å². The van der Waals surface area contributed by atoms with Crippen LogP contribution in [0.1, 0.15) is 38.4 Å². The van der Waals surface area contributed by atoms with Gasteiger partial charge in [-0.15, -0.1) is 5.10 Å². The topological polar surface area (TPSA) is 69.6 Å². The molecule has 1 aliphatic rings. The molecule has 5 nitrogen and oxygen atoms in total. The molecule has 1 aromatic carbocycles. The predicted octanol–water partition coefficient (Wildman–Crippen LogP) is 2.11. The Balaban J connectivity index is 1.81. The third-order valence-corrected chi connectivity index (χ3v) is 4.37. The van der Waals surface area contributed by atoms with Crippen molar-refractivity contribution in [3.05, 3.63) is 36.2 Å². The van der Waals surface area contributed by atoms with Crippen molar-refractivity contribution in [3.8, 4) is 5.69 Å². The number of aromatic nitrogens is 4. The molecule has 1 heterocycles. The average Bonchev–Trinajstić information content (AvgIpc) is 3.07. The normalized spacial score (nSPS) is 26.0. The largest absolute Gasteiger partial charge is 0.325 e. The minimum atomic E-state index is -0.151. The second-order valence-corrected chi connectivity index (χ2v) is 5.90. The standard InChI is InChI=1S/C15H21N5/c1-2-12-8-9-15(16,10-12)11-14-17-18-19-20(14)13-6-4-3-5-7-13/h3-7,12H,2,8-11,16H2,1H3. The molecule has 2 atom stereocenters. The zero-order valence-electron chi connectivity index (χ0n) is 11.9. The van der Waals surface area contributed by atoms with Crippen LogP contribution in [0.25, 0.3) is 5.69 Å². The van der Waals surface area contributed by atoms with Crippen LogP contribution in [0.2, 0.25) is 0 Å². The molecule has 1 fully saturated rings. The second-order valence-electron chi connectivity index (χ2n) is 5.90. The van der Waals surface area contributed by atoms with Crippen LogP contribution in [0.3, 0.4) is 0 Å². The van der Waals surface area contributed by atoms with Gasteiger partial charge in [-0.2, -0.15) is 4.68 Å². The molecule has 3 rings (SSSR count). The number of tetrazole rings is 1. The third kappa shape index (κ3) is 2.58. The molecule has 0 amide bonds. The molecular weight excluding hydrogens is 250 g/mol. The minimum Gasteiger partial charge on any atom is -0.325 e. The number of rotatable bonds is 4. The van der Waals surface area contributed by atoms with E-state index in [9.17, 15) is 0 Å². The predicted molar refractivity (Wildman–Crippen MR) is 77.4 cm³/mol. The van der Waals surface area contributed by atoms with Crippen molar-refractivity contribution in [1.82, 2.24) is 20.2 Å². The molecule has 2 unspecified atom stereocenters. The molecule has 1 aromatic heterocycles. The van der Waals surface area contributed by atoms with Gasteiger partial charge in [0, 0.05) is 12.0 Å². The molecule has 1 aliphatic carbocycles. The SMILES string of the molecule is CCC1CCC(N)(Cc2nnnn2-c2ccccc2)C1. The van der Waals surface area contributed by atoms with Gasteiger partial charge in [-0.1, -0.05) is 31.5 Å². The quantitative estimate of drug-likeness (QED) is 0.924. The average molecular weight is 271 g/mol. The van der Waals surface area contributed by atoms with Crippen LogP contribution in [0.15, 0.2) is 30.3 Å². The number of hydrogen-bond acceptors (Lipinski definition) is 4. The van der Waals surface area contributed by atoms with Gasteiger partial charge in [0.25, 0.3) is 0 Å². The van der Waals surface area contributed by atoms with E-state index in [0.29, 0.717) is 0 Å². The zero-order valence-corrected chi connectivity index (χ0v) is 11.9. The summed E-state index contributed by atoms with van der Waals surface area (Å²) in [5.74, 6) is 1.61. The van der Waals surface area contributed by atoms with Crippen molar-refractivity contribution in [2.45, 2.75) is 44.6 Å². The Morgan fingerprint density at radius 2 is 2.15 bits per heavy atom. The summed E-state index contributed by atoms with van der Waals surface area (Å²) in [5.41, 5.74) is 7.39. The Kier molecular flexibility index (Phi) is 3.53. The fourth-order valence-corrected chi connectivity index (χ4v) is 3.18. The molecule has 106 valence electrons. The Bertz CT molecular complexity index is 565. The maximum Gasteiger partial charge on any atom is 0.158 e. The van der Waals surface area contributed by atoms with E-state index in [1.807, 2.05) is 30.3 Å². The number of nitrogens with two attached hydrogens (primary N) is 1. The van der Waals surface area contributed by atoms with Crippen molar-refractivity contribution in [1.29, 1.82) is 0 Å². The maximum absolute atomic E-state index is 6.55. The van der Waals surface area contributed by atoms with Crippen molar-refractivity contribution in [2.24, 2.45) is 11.7 Å². The van der Waals surface area contributed by atoms with Gasteiger partial charge in [0.15, 0.2) is 5.82 Å². The smallest absolute Gasteiger partial charge is 0.158 e. The first-order valence-corrected chi connectivity index (χ1v) is 7.32. The monoisotopic (exact) mass is 271 g/mol. The fraction of sp³-hybridized carbons (Fsp3) is 0.533. The molecule has 0 bridgehead atoms. The first kappa shape index (κ1) is 13.2. The Morgan fingerprint density at radius 1 is 1.35 bits per heavy atom. The van der Waals surface area contributed by atoms with E-state index in [2.05, 4.69) is 22.4 Å². The lowest BCUT2D eigenvalue weighted by atomic mass is 9.92. The number of para-hydroxylation sites is 1. The molecule has 2 aromatic rings. The molecule has 0 saturated heterocycles. The summed E-state index contributed by atoms with van der Waals surface area (Å²) in [6.07, 6.45) is 5.31. The van der Waals surface area contributed by atoms with Crippen LogP contribution in [0.5, 0.6) is 0 Å². The minimum absolute atomic E-state index is 0.151. The summed E-state index contributed by atoms with van der Waals surface area (Å²) in [6, 6.07) is 9.98. The van der Waals surface area contributed by atoms with Crippen molar-refractivity contribution < 1.29 is 0 Å². The highest BCUT2D eigenvalue weighted by Gasteiger charge is 2.36. The van der Waals surface area contributed by atoms with E-state index >= 15 is 0 Å². The number of hydrogen-bond donors (Lipinski definition) is 1. The first-order chi connectivity index (χ1) is 9.70. The van der Waals surface area contributed by atoms with Crippen LogP contribution >= 0.6 is 0 Å². The summed E-state index contributed by atoms with van der Waals surface area (Å²) >= 11 is 0. The number of nitrogens with zero attached hydrogens (tertiary/aromatic N) is 4. The fourth-order valence-electron chi connectivity index (χ4n) is 3.18. The Labute approximate surface area is 119 Å². The molecule has 5 heteroatoms. The van der Waals surface area contributed by atoms with Crippen LogP contribution in [-0.4, -0.2) is 25.7 Å². The van der Waals surface area contributed by atoms with E-state index < -0.39 is 0 Å². The summed E-state index contributed by atoms with van der Waals surface area (Å²) in [7, 11) is 0. The first-order valence-electron chi connectivity index (χ1n) is 7.32. The van der Waals surface area contributed by atoms with Gasteiger partial charge in [-0.3, -0.25) is 0 Å². The van der Waals surface area contributed by atoms with Gasteiger partial charge in [0.2, 0.25) is 0 Å². The highest BCUT2D eigenvalue weighted by molar-refractivity contribution is 5.30. The number of benzene rings is 1. The van der Waals surface area contributed by atoms with Crippen LogP contribution in [0.4, 0.5) is 0 Å². The lowest BCUT2D eigenvalue weighted by Gasteiger charge is -2.23. The highest BCUT2D eigenvalue weighted by Crippen LogP contribution is 2.36. The van der Waals surface area contributed by atoms with Crippen molar-refractivity contribution >= 4 is 0 Å². The molecule has 0 radical (unpaired) electrons. The summed E-state index contributed by atoms with van der Waals surface area (Å²) in [4.78, 5) is 0. The summed E-state index contributed by atoms with van der Waals surface area (Å²) in [6.45, 7) is 2.24. The second kappa shape index (κ2) is 5.32. The van der Waals surface area contributed by atoms with E-state index in [-0.39, 0.29) is 5.54 Å². The van der Waals surface area contributed by atoms with Crippen molar-refractivity contribution in [3.63, 3.8) is 0 Å². The van der Waals surface area contributed by atoms with Gasteiger partial charge >= 0.3 is 0 Å². The van der Waals surface area contributed by atoms with E-state index in [0.717, 1.165) is 36.7 Å². The van der Waals surface area contributed by atoms with Crippen molar-refractivity contribution in [2.75, 3.05) is 0 Å². The third-order valence-electron chi connectivity index (χ3n) is 4.37. The maximum atomic E-state index is 6.55. The lowest BCUT2D eigenvalue weighted by molar-refractivity contribution is 0.396. The molecule has 0 spiro atoms. The molecule has 1 saturated carbocycles. The van der Waals surface area contributed by atoms with Gasteiger partial charge in [-0.05, 0) is 47.7 Å². The Hall–Kier alpha value is -1.75. The van der Waals surface area contributed by atoms with E-state index in [4.69, 9.17) is 5.73 Å². The van der Waals surface area contributed by atoms with Gasteiger partial charge in [0.05, 0.1) is 5.69 Å². The molecule has 0 aliphatic heterocycles. The molecule has 2 N–H and O–H groups in total. The zero-order chi connectivity index (χ0) is 14.0. The van der Waals surface area contributed by atoms with Gasteiger partial charge in [-0.25, -0.2) is 0 Å². The lowest BCUT2D eigenvalue weighted by Crippen LogP contribution is -2.40. The van der Waals surface area contributed by atoms with Crippen LogP contribution < -0.4 is 5.73 Å². The van der Waals surface area contributed by atoms with E-state index in [1.54, 1.807) is 4.68 Å². The Morgan fingerprint density at radius 3 is 2.85 bits per heavy atom. The highest BCUT2D eigenvalue weighted by atomic mass is 15.5. The summed E-state index contributed by atoms with van der Waals surface area (Å²) < 4.78 is 1.80. The van der Waals surface area contributed by atoms with Crippen LogP contribution in [0, 0.1) is 5.92 Å². The molecule has 20 heavy (non-hydrogen) atoms. The summed E-state index contributed by atoms with van der Waals surface area (Å²) in [5, 5.41) is 12.1.